The van der Waals surface area contributed by atoms with Crippen molar-refractivity contribution in [3.8, 4) is 0 Å². The van der Waals surface area contributed by atoms with Crippen molar-refractivity contribution in [2.24, 2.45) is 0 Å². The molecule has 1 saturated heterocycles. The van der Waals surface area contributed by atoms with Crippen LogP contribution in [-0.4, -0.2) is 35.9 Å². The van der Waals surface area contributed by atoms with Crippen LogP contribution in [0.4, 0.5) is 0 Å². The molecule has 0 aromatic carbocycles. The van der Waals surface area contributed by atoms with Crippen LogP contribution in [0.2, 0.25) is 0 Å². The fraction of sp³-hybridized carbons (Fsp3) is 0.700. The maximum absolute atomic E-state index is 5.69. The summed E-state index contributed by atoms with van der Waals surface area (Å²) in [4.78, 5) is 6.99. The number of halogens is 1. The zero-order valence-electron chi connectivity index (χ0n) is 8.37. The monoisotopic (exact) mass is 230 g/mol. The average Bonchev–Trinajstić information content (AvgIpc) is 2.74. The fourth-order valence-corrected chi connectivity index (χ4v) is 3.06. The van der Waals surface area contributed by atoms with Gasteiger partial charge in [0, 0.05) is 30.1 Å². The highest BCUT2D eigenvalue weighted by atomic mass is 35.5. The number of likely N-dealkylation sites (N-methyl/N-ethyl adjacent to an activating group) is 1. The van der Waals surface area contributed by atoms with E-state index in [0.29, 0.717) is 11.8 Å². The molecular weight excluding hydrogens is 216 g/mol. The summed E-state index contributed by atoms with van der Waals surface area (Å²) in [6.45, 7) is 2.36. The molecule has 1 aromatic heterocycles. The number of rotatable bonds is 3. The first-order chi connectivity index (χ1) is 6.79. The van der Waals surface area contributed by atoms with Crippen LogP contribution in [0.5, 0.6) is 0 Å². The highest BCUT2D eigenvalue weighted by Crippen LogP contribution is 2.27. The van der Waals surface area contributed by atoms with Crippen molar-refractivity contribution in [3.05, 3.63) is 16.1 Å². The first-order valence-corrected chi connectivity index (χ1v) is 6.40. The molecule has 0 bridgehead atoms. The van der Waals surface area contributed by atoms with E-state index in [1.807, 2.05) is 0 Å². The van der Waals surface area contributed by atoms with Crippen molar-refractivity contribution in [1.29, 1.82) is 0 Å². The third kappa shape index (κ3) is 2.27. The van der Waals surface area contributed by atoms with Gasteiger partial charge in [0.2, 0.25) is 0 Å². The molecule has 0 radical (unpaired) electrons. The van der Waals surface area contributed by atoms with Gasteiger partial charge in [-0.3, -0.25) is 0 Å². The summed E-state index contributed by atoms with van der Waals surface area (Å²) >= 11 is 7.43. The molecule has 1 atom stereocenters. The first kappa shape index (κ1) is 10.4. The summed E-state index contributed by atoms with van der Waals surface area (Å²) in [7, 11) is 2.17. The standard InChI is InChI=1S/C10H15ClN2S/c1-13-5-3-8(6-13)9-7-14-10(12-9)2-4-11/h7-8H,2-6H2,1H3. The number of alkyl halides is 1. The van der Waals surface area contributed by atoms with Crippen molar-refractivity contribution >= 4 is 22.9 Å². The summed E-state index contributed by atoms with van der Waals surface area (Å²) in [5, 5.41) is 3.38. The SMILES string of the molecule is CN1CCC(c2csc(CCCl)n2)C1. The minimum absolute atomic E-state index is 0.653. The molecular formula is C10H15ClN2S. The van der Waals surface area contributed by atoms with E-state index in [9.17, 15) is 0 Å². The Balaban J connectivity index is 2.02. The Kier molecular flexibility index (Phi) is 3.42. The molecule has 4 heteroatoms. The molecule has 14 heavy (non-hydrogen) atoms. The number of hydrogen-bond donors (Lipinski definition) is 0. The van der Waals surface area contributed by atoms with Gasteiger partial charge in [-0.05, 0) is 20.0 Å². The molecule has 0 spiro atoms. The zero-order chi connectivity index (χ0) is 9.97. The lowest BCUT2D eigenvalue weighted by atomic mass is 10.1. The summed E-state index contributed by atoms with van der Waals surface area (Å²) in [5.74, 6) is 1.33. The van der Waals surface area contributed by atoms with Gasteiger partial charge in [0.1, 0.15) is 0 Å². The largest absolute Gasteiger partial charge is 0.306 e. The van der Waals surface area contributed by atoms with E-state index in [1.165, 1.54) is 23.7 Å². The van der Waals surface area contributed by atoms with Crippen molar-refractivity contribution in [2.75, 3.05) is 26.0 Å². The molecule has 2 heterocycles. The Morgan fingerprint density at radius 2 is 2.57 bits per heavy atom. The van der Waals surface area contributed by atoms with Crippen LogP contribution >= 0.6 is 22.9 Å². The minimum atomic E-state index is 0.653. The van der Waals surface area contributed by atoms with Crippen molar-refractivity contribution in [2.45, 2.75) is 18.8 Å². The molecule has 1 aromatic rings. The van der Waals surface area contributed by atoms with Gasteiger partial charge in [-0.15, -0.1) is 22.9 Å². The Morgan fingerprint density at radius 1 is 1.71 bits per heavy atom. The van der Waals surface area contributed by atoms with Gasteiger partial charge >= 0.3 is 0 Å². The van der Waals surface area contributed by atoms with E-state index < -0.39 is 0 Å². The Labute approximate surface area is 93.9 Å². The van der Waals surface area contributed by atoms with E-state index in [4.69, 9.17) is 11.6 Å². The van der Waals surface area contributed by atoms with E-state index >= 15 is 0 Å². The number of likely N-dealkylation sites (tertiary alicyclic amines) is 1. The van der Waals surface area contributed by atoms with Crippen LogP contribution in [0.25, 0.3) is 0 Å². The number of thiazole rings is 1. The topological polar surface area (TPSA) is 16.1 Å². The van der Waals surface area contributed by atoms with Crippen molar-refractivity contribution < 1.29 is 0 Å². The van der Waals surface area contributed by atoms with Crippen molar-refractivity contribution in [3.63, 3.8) is 0 Å². The van der Waals surface area contributed by atoms with E-state index in [0.717, 1.165) is 13.0 Å². The van der Waals surface area contributed by atoms with Crippen molar-refractivity contribution in [1.82, 2.24) is 9.88 Å². The predicted octanol–water partition coefficient (Wildman–Crippen LogP) is 2.34. The van der Waals surface area contributed by atoms with Crippen LogP contribution < -0.4 is 0 Å². The summed E-state index contributed by atoms with van der Waals surface area (Å²) in [6, 6.07) is 0. The second-order valence-electron chi connectivity index (χ2n) is 3.85. The quantitative estimate of drug-likeness (QED) is 0.742. The van der Waals surface area contributed by atoms with E-state index in [1.54, 1.807) is 11.3 Å². The summed E-state index contributed by atoms with van der Waals surface area (Å²) in [6.07, 6.45) is 2.16. The zero-order valence-corrected chi connectivity index (χ0v) is 9.94. The Bertz CT molecular complexity index is 300. The number of hydrogen-bond acceptors (Lipinski definition) is 3. The molecule has 1 unspecified atom stereocenters. The third-order valence-corrected chi connectivity index (χ3v) is 3.80. The van der Waals surface area contributed by atoms with Gasteiger partial charge in [0.15, 0.2) is 0 Å². The van der Waals surface area contributed by atoms with E-state index in [2.05, 4.69) is 22.3 Å². The molecule has 2 nitrogen and oxygen atoms in total. The molecule has 1 aliphatic heterocycles. The second kappa shape index (κ2) is 4.60. The molecule has 0 saturated carbocycles. The maximum atomic E-state index is 5.69. The lowest BCUT2D eigenvalue weighted by Gasteiger charge is -2.06. The third-order valence-electron chi connectivity index (χ3n) is 2.69. The van der Waals surface area contributed by atoms with Gasteiger partial charge in [-0.2, -0.15) is 0 Å². The van der Waals surface area contributed by atoms with Crippen LogP contribution in [0.3, 0.4) is 0 Å². The Hall–Kier alpha value is -0.120. The van der Waals surface area contributed by atoms with Gasteiger partial charge < -0.3 is 4.90 Å². The molecule has 0 N–H and O–H groups in total. The summed E-state index contributed by atoms with van der Waals surface area (Å²) < 4.78 is 0. The average molecular weight is 231 g/mol. The molecule has 0 amide bonds. The molecule has 2 rings (SSSR count). The molecule has 1 aliphatic rings. The van der Waals surface area contributed by atoms with E-state index in [-0.39, 0.29) is 0 Å². The van der Waals surface area contributed by atoms with Gasteiger partial charge in [-0.25, -0.2) is 4.98 Å². The van der Waals surface area contributed by atoms with Crippen LogP contribution in [-0.2, 0) is 6.42 Å². The smallest absolute Gasteiger partial charge is 0.0940 e. The molecule has 78 valence electrons. The number of aryl methyl sites for hydroxylation is 1. The second-order valence-corrected chi connectivity index (χ2v) is 5.17. The van der Waals surface area contributed by atoms with Crippen LogP contribution in [0.1, 0.15) is 23.0 Å². The lowest BCUT2D eigenvalue weighted by molar-refractivity contribution is 0.411. The van der Waals surface area contributed by atoms with Crippen LogP contribution in [0.15, 0.2) is 5.38 Å². The first-order valence-electron chi connectivity index (χ1n) is 4.98. The molecule has 1 fully saturated rings. The van der Waals surface area contributed by atoms with Gasteiger partial charge in [0.05, 0.1) is 10.7 Å². The predicted molar refractivity (Wildman–Crippen MR) is 61.4 cm³/mol. The Morgan fingerprint density at radius 3 is 3.21 bits per heavy atom. The number of nitrogens with zero attached hydrogens (tertiary/aromatic N) is 2. The van der Waals surface area contributed by atoms with Gasteiger partial charge in [-0.1, -0.05) is 0 Å². The molecule has 0 aliphatic carbocycles. The maximum Gasteiger partial charge on any atom is 0.0940 e. The highest BCUT2D eigenvalue weighted by Gasteiger charge is 2.22. The lowest BCUT2D eigenvalue weighted by Crippen LogP contribution is -2.13. The minimum Gasteiger partial charge on any atom is -0.306 e. The fourth-order valence-electron chi connectivity index (χ4n) is 1.88. The summed E-state index contributed by atoms with van der Waals surface area (Å²) in [5.41, 5.74) is 1.28. The number of aromatic nitrogens is 1. The van der Waals surface area contributed by atoms with Gasteiger partial charge in [0.25, 0.3) is 0 Å². The highest BCUT2D eigenvalue weighted by molar-refractivity contribution is 7.09. The normalized spacial score (nSPS) is 23.1. The van der Waals surface area contributed by atoms with Crippen LogP contribution in [0, 0.1) is 0 Å².